The number of esters is 4. The molecule has 0 radical (unpaired) electrons. The van der Waals surface area contributed by atoms with E-state index in [2.05, 4.69) is 10.6 Å². The Balaban J connectivity index is 2.84. The van der Waals surface area contributed by atoms with Gasteiger partial charge in [0.15, 0.2) is 0 Å². The van der Waals surface area contributed by atoms with Gasteiger partial charge in [-0.2, -0.15) is 0 Å². The highest BCUT2D eigenvalue weighted by Gasteiger charge is 2.30. The predicted molar refractivity (Wildman–Crippen MR) is 156 cm³/mol. The lowest BCUT2D eigenvalue weighted by Crippen LogP contribution is -2.50. The first-order chi connectivity index (χ1) is 19.2. The summed E-state index contributed by atoms with van der Waals surface area (Å²) in [4.78, 5) is 63.1. The van der Waals surface area contributed by atoms with Crippen LogP contribution in [0.5, 0.6) is 0 Å². The smallest absolute Gasteiger partial charge is 0.329 e. The molecule has 0 saturated heterocycles. The highest BCUT2D eigenvalue weighted by atomic mass is 16.6. The number of hydrogen-bond acceptors (Lipinski definition) is 10. The summed E-state index contributed by atoms with van der Waals surface area (Å²) < 4.78 is 21.5. The highest BCUT2D eigenvalue weighted by Crippen LogP contribution is 2.14. The van der Waals surface area contributed by atoms with Crippen molar-refractivity contribution in [2.45, 2.75) is 123 Å². The molecule has 42 heavy (non-hydrogen) atoms. The molecule has 1 aromatic rings. The predicted octanol–water partition coefficient (Wildman–Crippen LogP) is 3.76. The number of nitrogens with one attached hydrogen (secondary N) is 2. The van der Waals surface area contributed by atoms with Crippen LogP contribution in [0, 0.1) is 0 Å². The fourth-order valence-corrected chi connectivity index (χ4v) is 3.49. The van der Waals surface area contributed by atoms with Crippen LogP contribution >= 0.6 is 0 Å². The summed E-state index contributed by atoms with van der Waals surface area (Å²) in [5, 5.41) is 5.40. The lowest BCUT2D eigenvalue weighted by molar-refractivity contribution is -0.161. The van der Waals surface area contributed by atoms with E-state index < -0.39 is 58.7 Å². The van der Waals surface area contributed by atoms with E-state index in [1.807, 2.05) is 30.3 Å². The molecule has 236 valence electrons. The molecule has 1 aromatic carbocycles. The summed E-state index contributed by atoms with van der Waals surface area (Å²) in [5.41, 5.74) is -1.48. The lowest BCUT2D eigenvalue weighted by Gasteiger charge is -2.26. The fraction of sp³-hybridized carbons (Fsp3) is 0.645. The lowest BCUT2D eigenvalue weighted by atomic mass is 10.1. The third-order valence-corrected chi connectivity index (χ3v) is 5.16. The molecule has 1 rings (SSSR count). The van der Waals surface area contributed by atoms with Crippen LogP contribution in [-0.2, 0) is 49.5 Å². The molecule has 2 N–H and O–H groups in total. The average Bonchev–Trinajstić information content (AvgIpc) is 2.82. The van der Waals surface area contributed by atoms with Crippen molar-refractivity contribution in [3.05, 3.63) is 35.9 Å². The first-order valence-electron chi connectivity index (χ1n) is 14.1. The largest absolute Gasteiger partial charge is 0.461 e. The molecule has 0 bridgehead atoms. The molecule has 11 nitrogen and oxygen atoms in total. The number of amides is 1. The average molecular weight is 593 g/mol. The molecule has 0 saturated carbocycles. The van der Waals surface area contributed by atoms with Gasteiger partial charge < -0.3 is 24.3 Å². The molecule has 0 heterocycles. The zero-order valence-corrected chi connectivity index (χ0v) is 26.5. The minimum Gasteiger partial charge on any atom is -0.461 e. The van der Waals surface area contributed by atoms with Gasteiger partial charge in [-0.1, -0.05) is 30.3 Å². The third kappa shape index (κ3) is 17.4. The Morgan fingerprint density at radius 2 is 1.14 bits per heavy atom. The second-order valence-corrected chi connectivity index (χ2v) is 12.9. The van der Waals surface area contributed by atoms with Gasteiger partial charge in [-0.3, -0.25) is 24.5 Å². The molecule has 2 atom stereocenters. The van der Waals surface area contributed by atoms with Crippen molar-refractivity contribution in [2.24, 2.45) is 0 Å². The van der Waals surface area contributed by atoms with Crippen molar-refractivity contribution < 1.29 is 42.9 Å². The Labute approximate surface area is 249 Å². The van der Waals surface area contributed by atoms with Crippen LogP contribution in [0.4, 0.5) is 0 Å². The van der Waals surface area contributed by atoms with Crippen LogP contribution in [0.3, 0.4) is 0 Å². The first-order valence-corrected chi connectivity index (χ1v) is 14.1. The van der Waals surface area contributed by atoms with E-state index in [9.17, 15) is 24.0 Å². The van der Waals surface area contributed by atoms with Gasteiger partial charge in [0.2, 0.25) is 5.91 Å². The SMILES string of the molecule is CC(C)(C)OC(=O)CCC(NCC(=O)NC(CCC(=O)OCc1ccccc1)C(=O)OC(C)(C)C)C(=O)OC(C)(C)C. The van der Waals surface area contributed by atoms with Crippen LogP contribution in [0.25, 0.3) is 0 Å². The Bertz CT molecular complexity index is 1050. The van der Waals surface area contributed by atoms with E-state index in [1.54, 1.807) is 62.3 Å². The van der Waals surface area contributed by atoms with Gasteiger partial charge in [0.1, 0.15) is 35.5 Å². The van der Waals surface area contributed by atoms with Crippen LogP contribution in [-0.4, -0.2) is 65.2 Å². The van der Waals surface area contributed by atoms with Crippen molar-refractivity contribution in [1.82, 2.24) is 10.6 Å². The first kappa shape index (κ1) is 36.6. The molecule has 2 unspecified atom stereocenters. The minimum absolute atomic E-state index is 0.0276. The number of hydrogen-bond donors (Lipinski definition) is 2. The van der Waals surface area contributed by atoms with Gasteiger partial charge >= 0.3 is 23.9 Å². The van der Waals surface area contributed by atoms with E-state index >= 15 is 0 Å². The number of carbonyl (C=O) groups excluding carboxylic acids is 5. The zero-order chi connectivity index (χ0) is 32.1. The van der Waals surface area contributed by atoms with Crippen molar-refractivity contribution in [3.8, 4) is 0 Å². The van der Waals surface area contributed by atoms with Gasteiger partial charge in [-0.25, -0.2) is 4.79 Å². The number of benzene rings is 1. The van der Waals surface area contributed by atoms with Gasteiger partial charge in [-0.15, -0.1) is 0 Å². The summed E-state index contributed by atoms with van der Waals surface area (Å²) in [7, 11) is 0. The molecular weight excluding hydrogens is 544 g/mol. The third-order valence-electron chi connectivity index (χ3n) is 5.16. The van der Waals surface area contributed by atoms with Crippen molar-refractivity contribution in [1.29, 1.82) is 0 Å². The molecule has 0 aliphatic carbocycles. The molecule has 0 fully saturated rings. The van der Waals surface area contributed by atoms with E-state index in [-0.39, 0.29) is 38.8 Å². The van der Waals surface area contributed by atoms with Crippen molar-refractivity contribution in [2.75, 3.05) is 6.54 Å². The molecule has 11 heteroatoms. The quantitative estimate of drug-likeness (QED) is 0.242. The second kappa shape index (κ2) is 16.2. The Morgan fingerprint density at radius 3 is 1.67 bits per heavy atom. The van der Waals surface area contributed by atoms with E-state index in [0.717, 1.165) is 5.56 Å². The van der Waals surface area contributed by atoms with E-state index in [1.165, 1.54) is 0 Å². The summed E-state index contributed by atoms with van der Waals surface area (Å²) in [6, 6.07) is 7.03. The molecular formula is C31H48N2O9. The van der Waals surface area contributed by atoms with E-state index in [0.29, 0.717) is 0 Å². The second-order valence-electron chi connectivity index (χ2n) is 12.9. The van der Waals surface area contributed by atoms with Gasteiger partial charge in [0.05, 0.1) is 6.54 Å². The van der Waals surface area contributed by atoms with Crippen LogP contribution < -0.4 is 10.6 Å². The minimum atomic E-state index is -1.13. The summed E-state index contributed by atoms with van der Waals surface area (Å²) in [6.45, 7) is 15.1. The summed E-state index contributed by atoms with van der Waals surface area (Å²) >= 11 is 0. The van der Waals surface area contributed by atoms with Crippen molar-refractivity contribution in [3.63, 3.8) is 0 Å². The molecule has 0 aromatic heterocycles. The maximum Gasteiger partial charge on any atom is 0.329 e. The number of carbonyl (C=O) groups is 5. The maximum absolute atomic E-state index is 12.9. The number of ether oxygens (including phenoxy) is 4. The molecule has 0 aliphatic rings. The van der Waals surface area contributed by atoms with Crippen LogP contribution in [0.15, 0.2) is 30.3 Å². The van der Waals surface area contributed by atoms with Crippen LogP contribution in [0.1, 0.15) is 93.6 Å². The monoisotopic (exact) mass is 592 g/mol. The number of rotatable bonds is 14. The molecule has 1 amide bonds. The summed E-state index contributed by atoms with van der Waals surface area (Å²) in [5.74, 6) is -2.99. The van der Waals surface area contributed by atoms with Crippen molar-refractivity contribution >= 4 is 29.8 Å². The van der Waals surface area contributed by atoms with Gasteiger partial charge in [0, 0.05) is 12.8 Å². The Kier molecular flexibility index (Phi) is 14.1. The molecule has 0 spiro atoms. The highest BCUT2D eigenvalue weighted by molar-refractivity contribution is 5.86. The standard InChI is InChI=1S/C31H48N2O9/c1-29(2,3)40-26(36)18-15-22(27(37)41-30(4,5)6)32-19-24(34)33-23(28(38)42-31(7,8)9)16-17-25(35)39-20-21-13-11-10-12-14-21/h10-14,22-23,32H,15-20H2,1-9H3,(H,33,34). The van der Waals surface area contributed by atoms with Gasteiger partial charge in [-0.05, 0) is 80.7 Å². The van der Waals surface area contributed by atoms with Gasteiger partial charge in [0.25, 0.3) is 0 Å². The summed E-state index contributed by atoms with van der Waals surface area (Å²) in [6.07, 6.45) is -0.245. The fourth-order valence-electron chi connectivity index (χ4n) is 3.49. The van der Waals surface area contributed by atoms with Crippen LogP contribution in [0.2, 0.25) is 0 Å². The normalized spacial score (nSPS) is 13.4. The topological polar surface area (TPSA) is 146 Å². The Morgan fingerprint density at radius 1 is 0.667 bits per heavy atom. The maximum atomic E-state index is 12.9. The van der Waals surface area contributed by atoms with E-state index in [4.69, 9.17) is 18.9 Å². The zero-order valence-electron chi connectivity index (χ0n) is 26.5. The molecule has 0 aliphatic heterocycles. The Hall–Kier alpha value is -3.47.